The average molecular weight is 1190 g/mol. The van der Waals surface area contributed by atoms with E-state index in [4.69, 9.17) is 0 Å². The molecule has 0 saturated heterocycles. The molecule has 4 aliphatic rings. The van der Waals surface area contributed by atoms with Gasteiger partial charge in [-0.3, -0.25) is 0 Å². The van der Waals surface area contributed by atoms with Crippen molar-refractivity contribution in [2.45, 2.75) is 116 Å². The molecule has 92 heavy (non-hydrogen) atoms. The minimum absolute atomic E-state index is 0.0295. The molecule has 0 aromatic heterocycles. The highest BCUT2D eigenvalue weighted by atomic mass is 15.1. The first kappa shape index (κ1) is 57.4. The quantitative estimate of drug-likeness (QED) is 0.157. The summed E-state index contributed by atoms with van der Waals surface area (Å²) in [5.74, 6) is 0. The van der Waals surface area contributed by atoms with E-state index in [2.05, 4.69) is 360 Å². The summed E-state index contributed by atoms with van der Waals surface area (Å²) < 4.78 is 0. The van der Waals surface area contributed by atoms with Crippen molar-refractivity contribution < 1.29 is 0 Å². The van der Waals surface area contributed by atoms with Gasteiger partial charge in [-0.05, 0) is 217 Å². The molecular formula is C90H80N2. The molecule has 0 radical (unpaired) electrons. The second-order valence-electron chi connectivity index (χ2n) is 30.5. The lowest BCUT2D eigenvalue weighted by atomic mass is 9.68. The second-order valence-corrected chi connectivity index (χ2v) is 30.5. The molecule has 0 bridgehead atoms. The number of benzene rings is 12. The third-order valence-electron chi connectivity index (χ3n) is 20.9. The number of nitrogens with zero attached hydrogens (tertiary/aromatic N) is 2. The zero-order chi connectivity index (χ0) is 63.4. The van der Waals surface area contributed by atoms with Crippen molar-refractivity contribution in [2.75, 3.05) is 9.80 Å². The summed E-state index contributed by atoms with van der Waals surface area (Å²) in [6.07, 6.45) is 0. The maximum absolute atomic E-state index is 2.55. The molecule has 2 nitrogen and oxygen atoms in total. The lowest BCUT2D eigenvalue weighted by molar-refractivity contribution is 0.586. The average Bonchev–Trinajstić information content (AvgIpc) is 1.51. The standard InChI is InChI=1S/C90H80N2/c1-85(2,3)59-35-45-71-72-46-36-60(86(4,5)6)52-80(72)89(79(71)51-59)77-29-21-19-27-69(77)75-49-43-67(55-83(75)89)91(63-23-15-13-16-24-63)65-39-31-57(32-40-65)58-33-41-66(42-34-58)92(64-25-17-14-18-26-64)68-44-50-76-70-28-20-22-30-78(70)90(84(76)56-68)81-53-61(87(7,8)9)37-47-73(81)74-48-38-62(54-82(74)90)88(10,11)12/h13-56H,1-12H3. The highest BCUT2D eigenvalue weighted by Gasteiger charge is 2.54. The molecule has 0 amide bonds. The largest absolute Gasteiger partial charge is 0.310 e. The first-order valence-corrected chi connectivity index (χ1v) is 33.1. The number of para-hydroxylation sites is 2. The Morgan fingerprint density at radius 2 is 0.424 bits per heavy atom. The van der Waals surface area contributed by atoms with Gasteiger partial charge in [0.15, 0.2) is 0 Å². The van der Waals surface area contributed by atoms with Gasteiger partial charge in [0.25, 0.3) is 0 Å². The maximum Gasteiger partial charge on any atom is 0.0726 e. The van der Waals surface area contributed by atoms with E-state index in [0.29, 0.717) is 0 Å². The Balaban J connectivity index is 0.797. The minimum atomic E-state index is -0.514. The van der Waals surface area contributed by atoms with Crippen LogP contribution in [0, 0.1) is 0 Å². The predicted octanol–water partition coefficient (Wildman–Crippen LogP) is 24.2. The summed E-state index contributed by atoms with van der Waals surface area (Å²) in [7, 11) is 0. The molecule has 2 heteroatoms. The Kier molecular flexibility index (Phi) is 12.7. The van der Waals surface area contributed by atoms with Gasteiger partial charge in [0.1, 0.15) is 0 Å². The highest BCUT2D eigenvalue weighted by Crippen LogP contribution is 2.66. The Hall–Kier alpha value is -9.76. The highest BCUT2D eigenvalue weighted by molar-refractivity contribution is 5.99. The molecule has 450 valence electrons. The van der Waals surface area contributed by atoms with Gasteiger partial charge in [-0.15, -0.1) is 0 Å². The fourth-order valence-corrected chi connectivity index (χ4v) is 16.1. The molecule has 2 spiro atoms. The summed E-state index contributed by atoms with van der Waals surface area (Å²) in [4.78, 5) is 4.90. The van der Waals surface area contributed by atoms with Crippen molar-refractivity contribution in [3.05, 3.63) is 334 Å². The first-order chi connectivity index (χ1) is 44.1. The third kappa shape index (κ3) is 8.59. The van der Waals surface area contributed by atoms with E-state index in [1.807, 2.05) is 0 Å². The van der Waals surface area contributed by atoms with Gasteiger partial charge in [0.05, 0.1) is 10.8 Å². The Morgan fingerprint density at radius 1 is 0.196 bits per heavy atom. The zero-order valence-electron chi connectivity index (χ0n) is 55.3. The van der Waals surface area contributed by atoms with E-state index in [1.165, 1.54) is 111 Å². The van der Waals surface area contributed by atoms with Crippen molar-refractivity contribution in [3.63, 3.8) is 0 Å². The number of fused-ring (bicyclic) bond motifs is 20. The SMILES string of the molecule is CC(C)(C)c1ccc2c(c1)C1(c3ccccc3-c3ccc(N(c4ccccc4)c4ccc(-c5ccc(N(c6ccccc6)c6ccc7c(c6)C6(c8ccccc8-7)c7cc(C(C)(C)C)ccc7-c7ccc(C(C)(C)C)cc76)cc5)cc4)cc31)c1cc(C(C)(C)C)ccc1-2. The number of anilines is 6. The Labute approximate surface area is 545 Å². The molecular weight excluding hydrogens is 1110 g/mol. The molecule has 0 aliphatic heterocycles. The Morgan fingerprint density at radius 3 is 0.717 bits per heavy atom. The first-order valence-electron chi connectivity index (χ1n) is 33.1. The van der Waals surface area contributed by atoms with Crippen LogP contribution in [-0.2, 0) is 32.5 Å². The van der Waals surface area contributed by atoms with Gasteiger partial charge >= 0.3 is 0 Å². The van der Waals surface area contributed by atoms with Crippen molar-refractivity contribution in [1.29, 1.82) is 0 Å². The summed E-state index contributed by atoms with van der Waals surface area (Å²) in [6.45, 7) is 28.1. The number of hydrogen-bond donors (Lipinski definition) is 0. The topological polar surface area (TPSA) is 6.48 Å². The van der Waals surface area contributed by atoms with E-state index in [0.717, 1.165) is 45.3 Å². The lowest BCUT2D eigenvalue weighted by Crippen LogP contribution is -2.27. The van der Waals surface area contributed by atoms with E-state index in [1.54, 1.807) is 0 Å². The van der Waals surface area contributed by atoms with Crippen LogP contribution in [0.5, 0.6) is 0 Å². The normalized spacial score (nSPS) is 14.3. The summed E-state index contributed by atoms with van der Waals surface area (Å²) in [5.41, 5.74) is 34.6. The molecule has 4 aliphatic carbocycles. The molecule has 12 aromatic carbocycles. The zero-order valence-corrected chi connectivity index (χ0v) is 55.3. The second kappa shape index (κ2) is 20.4. The van der Waals surface area contributed by atoms with Crippen molar-refractivity contribution in [2.24, 2.45) is 0 Å². The molecule has 0 fully saturated rings. The lowest BCUT2D eigenvalue weighted by Gasteiger charge is -2.34. The van der Waals surface area contributed by atoms with Gasteiger partial charge in [-0.25, -0.2) is 0 Å². The van der Waals surface area contributed by atoms with Crippen LogP contribution in [0.4, 0.5) is 34.1 Å². The predicted molar refractivity (Wildman–Crippen MR) is 389 cm³/mol. The maximum atomic E-state index is 2.55. The van der Waals surface area contributed by atoms with Gasteiger partial charge < -0.3 is 9.80 Å². The van der Waals surface area contributed by atoms with Crippen LogP contribution in [-0.4, -0.2) is 0 Å². The number of rotatable bonds is 7. The van der Waals surface area contributed by atoms with Crippen LogP contribution in [0.2, 0.25) is 0 Å². The van der Waals surface area contributed by atoms with Gasteiger partial charge in [-0.2, -0.15) is 0 Å². The van der Waals surface area contributed by atoms with Gasteiger partial charge in [-0.1, -0.05) is 277 Å². The monoisotopic (exact) mass is 1190 g/mol. The van der Waals surface area contributed by atoms with Crippen LogP contribution >= 0.6 is 0 Å². The minimum Gasteiger partial charge on any atom is -0.310 e. The van der Waals surface area contributed by atoms with Crippen molar-refractivity contribution in [3.8, 4) is 55.6 Å². The summed E-state index contributed by atoms with van der Waals surface area (Å²) >= 11 is 0. The Bertz CT molecular complexity index is 4490. The fraction of sp³-hybridized carbons (Fsp3) is 0.200. The molecule has 0 unspecified atom stereocenters. The fourth-order valence-electron chi connectivity index (χ4n) is 16.1. The van der Waals surface area contributed by atoms with Gasteiger partial charge in [0.2, 0.25) is 0 Å². The van der Waals surface area contributed by atoms with Crippen LogP contribution in [0.3, 0.4) is 0 Å². The van der Waals surface area contributed by atoms with Crippen LogP contribution in [0.1, 0.15) is 150 Å². The molecule has 12 aromatic rings. The molecule has 16 rings (SSSR count). The molecule has 0 heterocycles. The van der Waals surface area contributed by atoms with E-state index in [9.17, 15) is 0 Å². The van der Waals surface area contributed by atoms with Crippen LogP contribution in [0.25, 0.3) is 55.6 Å². The van der Waals surface area contributed by atoms with Crippen molar-refractivity contribution in [1.82, 2.24) is 0 Å². The van der Waals surface area contributed by atoms with E-state index < -0.39 is 10.8 Å². The summed E-state index contributed by atoms with van der Waals surface area (Å²) in [6, 6.07) is 103. The van der Waals surface area contributed by atoms with Crippen LogP contribution in [0.15, 0.2) is 267 Å². The molecule has 0 N–H and O–H groups in total. The smallest absolute Gasteiger partial charge is 0.0726 e. The van der Waals surface area contributed by atoms with Crippen molar-refractivity contribution >= 4 is 34.1 Å². The van der Waals surface area contributed by atoms with E-state index >= 15 is 0 Å². The third-order valence-corrected chi connectivity index (χ3v) is 20.9. The van der Waals surface area contributed by atoms with Crippen LogP contribution < -0.4 is 9.80 Å². The number of hydrogen-bond acceptors (Lipinski definition) is 2. The summed E-state index contributed by atoms with van der Waals surface area (Å²) in [5, 5.41) is 0. The van der Waals surface area contributed by atoms with Gasteiger partial charge in [0, 0.05) is 34.1 Å². The van der Waals surface area contributed by atoms with E-state index in [-0.39, 0.29) is 21.7 Å². The molecule has 0 atom stereocenters. The molecule has 0 saturated carbocycles.